The van der Waals surface area contributed by atoms with Crippen molar-refractivity contribution in [1.29, 1.82) is 0 Å². The predicted octanol–water partition coefficient (Wildman–Crippen LogP) is 1.49. The highest BCUT2D eigenvalue weighted by molar-refractivity contribution is 7.70. The fourth-order valence-corrected chi connectivity index (χ4v) is 1.83. The van der Waals surface area contributed by atoms with Crippen molar-refractivity contribution in [2.24, 2.45) is 0 Å². The van der Waals surface area contributed by atoms with Crippen LogP contribution in [0.25, 0.3) is 10.9 Å². The standard InChI is InChI=1S/C9H8NO4P/c11-9(15(12,13)14)7-1-2-8-6(5-7)3-4-10-8/h1-5,10H,(H2,12,13,14). The lowest BCUT2D eigenvalue weighted by Crippen LogP contribution is -1.99. The van der Waals surface area contributed by atoms with Gasteiger partial charge in [-0.15, -0.1) is 0 Å². The van der Waals surface area contributed by atoms with Gasteiger partial charge in [0.1, 0.15) is 0 Å². The van der Waals surface area contributed by atoms with Crippen LogP contribution in [0.2, 0.25) is 0 Å². The maximum absolute atomic E-state index is 11.3. The normalized spacial score (nSPS) is 11.9. The van der Waals surface area contributed by atoms with Crippen LogP contribution in [-0.4, -0.2) is 20.3 Å². The van der Waals surface area contributed by atoms with Crippen LogP contribution >= 0.6 is 7.60 Å². The molecule has 0 fully saturated rings. The average Bonchev–Trinajstić information content (AvgIpc) is 2.61. The average molecular weight is 225 g/mol. The summed E-state index contributed by atoms with van der Waals surface area (Å²) in [5.41, 5.74) is -0.307. The fraction of sp³-hybridized carbons (Fsp3) is 0. The van der Waals surface area contributed by atoms with Gasteiger partial charge in [-0.05, 0) is 24.3 Å². The number of H-pyrrole nitrogens is 1. The van der Waals surface area contributed by atoms with Gasteiger partial charge in [0.2, 0.25) is 0 Å². The minimum absolute atomic E-state index is 0.0235. The Morgan fingerprint density at radius 3 is 2.67 bits per heavy atom. The molecule has 0 amide bonds. The van der Waals surface area contributed by atoms with Crippen LogP contribution in [-0.2, 0) is 4.57 Å². The second-order valence-electron chi connectivity index (χ2n) is 3.13. The molecule has 15 heavy (non-hydrogen) atoms. The van der Waals surface area contributed by atoms with Crippen molar-refractivity contribution < 1.29 is 19.1 Å². The highest BCUT2D eigenvalue weighted by atomic mass is 31.2. The lowest BCUT2D eigenvalue weighted by atomic mass is 10.2. The van der Waals surface area contributed by atoms with Gasteiger partial charge >= 0.3 is 7.60 Å². The van der Waals surface area contributed by atoms with E-state index in [1.165, 1.54) is 12.1 Å². The zero-order valence-corrected chi connectivity index (χ0v) is 8.44. The molecule has 0 saturated carbocycles. The molecule has 1 aromatic heterocycles. The third-order valence-corrected chi connectivity index (χ3v) is 2.85. The summed E-state index contributed by atoms with van der Waals surface area (Å²) in [6, 6.07) is 6.18. The Kier molecular flexibility index (Phi) is 2.23. The maximum atomic E-state index is 11.3. The number of carbonyl (C=O) groups excluding carboxylic acids is 1. The second kappa shape index (κ2) is 3.31. The monoisotopic (exact) mass is 225 g/mol. The fourth-order valence-electron chi connectivity index (χ4n) is 1.35. The van der Waals surface area contributed by atoms with Gasteiger partial charge in [0.05, 0.1) is 0 Å². The Labute approximate surface area is 84.9 Å². The molecule has 0 aliphatic heterocycles. The van der Waals surface area contributed by atoms with E-state index in [4.69, 9.17) is 9.79 Å². The van der Waals surface area contributed by atoms with Crippen molar-refractivity contribution in [1.82, 2.24) is 4.98 Å². The van der Waals surface area contributed by atoms with E-state index >= 15 is 0 Å². The van der Waals surface area contributed by atoms with Crippen molar-refractivity contribution in [3.05, 3.63) is 36.0 Å². The molecule has 0 spiro atoms. The molecule has 2 rings (SSSR count). The van der Waals surface area contributed by atoms with Gasteiger partial charge in [0.15, 0.2) is 0 Å². The number of hydrogen-bond donors (Lipinski definition) is 3. The molecule has 1 aromatic carbocycles. The summed E-state index contributed by atoms with van der Waals surface area (Å²) >= 11 is 0. The van der Waals surface area contributed by atoms with Crippen LogP contribution in [0.15, 0.2) is 30.5 Å². The van der Waals surface area contributed by atoms with E-state index in [1.807, 2.05) is 0 Å². The lowest BCUT2D eigenvalue weighted by molar-refractivity contribution is 0.104. The van der Waals surface area contributed by atoms with E-state index in [2.05, 4.69) is 4.98 Å². The third kappa shape index (κ3) is 1.85. The molecule has 1 heterocycles. The molecule has 3 N–H and O–H groups in total. The number of rotatable bonds is 2. The zero-order chi connectivity index (χ0) is 11.1. The second-order valence-corrected chi connectivity index (χ2v) is 4.62. The topological polar surface area (TPSA) is 90.4 Å². The smallest absolute Gasteiger partial charge is 0.361 e. The summed E-state index contributed by atoms with van der Waals surface area (Å²) in [6.07, 6.45) is 1.69. The van der Waals surface area contributed by atoms with E-state index in [-0.39, 0.29) is 5.56 Å². The summed E-state index contributed by atoms with van der Waals surface area (Å²) in [5.74, 6) is 0. The Morgan fingerprint density at radius 2 is 2.00 bits per heavy atom. The van der Waals surface area contributed by atoms with Gasteiger partial charge in [0.25, 0.3) is 5.52 Å². The summed E-state index contributed by atoms with van der Waals surface area (Å²) in [5, 5.41) is 0.745. The summed E-state index contributed by atoms with van der Waals surface area (Å²) in [4.78, 5) is 31.6. The molecule has 0 saturated heterocycles. The van der Waals surface area contributed by atoms with Crippen LogP contribution in [0.5, 0.6) is 0 Å². The molecule has 2 aromatic rings. The summed E-state index contributed by atoms with van der Waals surface area (Å²) in [6.45, 7) is 0. The summed E-state index contributed by atoms with van der Waals surface area (Å²) in [7, 11) is -4.69. The van der Waals surface area contributed by atoms with Gasteiger partial charge in [-0.25, -0.2) is 0 Å². The largest absolute Gasteiger partial charge is 0.396 e. The number of carbonyl (C=O) groups is 1. The zero-order valence-electron chi connectivity index (χ0n) is 7.54. The van der Waals surface area contributed by atoms with Crippen LogP contribution in [0, 0.1) is 0 Å². The molecule has 0 bridgehead atoms. The predicted molar refractivity (Wildman–Crippen MR) is 54.7 cm³/mol. The van der Waals surface area contributed by atoms with Crippen molar-refractivity contribution in [3.8, 4) is 0 Å². The highest BCUT2D eigenvalue weighted by Crippen LogP contribution is 2.39. The number of fused-ring (bicyclic) bond motifs is 1. The van der Waals surface area contributed by atoms with Gasteiger partial charge in [-0.3, -0.25) is 9.36 Å². The molecule has 0 radical (unpaired) electrons. The number of hydrogen-bond acceptors (Lipinski definition) is 2. The van der Waals surface area contributed by atoms with Gasteiger partial charge in [0, 0.05) is 22.7 Å². The van der Waals surface area contributed by atoms with Crippen LogP contribution in [0.4, 0.5) is 0 Å². The first kappa shape index (κ1) is 10.1. The van der Waals surface area contributed by atoms with E-state index in [9.17, 15) is 9.36 Å². The van der Waals surface area contributed by atoms with Crippen LogP contribution in [0.1, 0.15) is 10.4 Å². The number of nitrogens with one attached hydrogen (secondary N) is 1. The quantitative estimate of drug-likeness (QED) is 0.675. The van der Waals surface area contributed by atoms with E-state index < -0.39 is 13.1 Å². The minimum atomic E-state index is -4.69. The Balaban J connectivity index is 2.53. The lowest BCUT2D eigenvalue weighted by Gasteiger charge is -2.02. The van der Waals surface area contributed by atoms with Gasteiger partial charge in [-0.1, -0.05) is 0 Å². The van der Waals surface area contributed by atoms with E-state index in [0.29, 0.717) is 0 Å². The number of aromatic nitrogens is 1. The third-order valence-electron chi connectivity index (χ3n) is 2.06. The molecule has 6 heteroatoms. The molecule has 0 aliphatic carbocycles. The van der Waals surface area contributed by atoms with Crippen molar-refractivity contribution >= 4 is 24.0 Å². The first-order valence-corrected chi connectivity index (χ1v) is 5.77. The van der Waals surface area contributed by atoms with Crippen molar-refractivity contribution in [2.75, 3.05) is 0 Å². The molecule has 0 aliphatic rings. The highest BCUT2D eigenvalue weighted by Gasteiger charge is 2.27. The first-order valence-electron chi connectivity index (χ1n) is 4.16. The van der Waals surface area contributed by atoms with E-state index in [1.54, 1.807) is 18.3 Å². The minimum Gasteiger partial charge on any atom is -0.361 e. The maximum Gasteiger partial charge on any atom is 0.396 e. The SMILES string of the molecule is O=C(c1ccc2[nH]ccc2c1)P(=O)(O)O. The van der Waals surface area contributed by atoms with Crippen LogP contribution in [0.3, 0.4) is 0 Å². The molecular weight excluding hydrogens is 217 g/mol. The Hall–Kier alpha value is -1.42. The molecular formula is C9H8NO4P. The molecule has 78 valence electrons. The van der Waals surface area contributed by atoms with Crippen molar-refractivity contribution in [2.45, 2.75) is 0 Å². The van der Waals surface area contributed by atoms with Crippen molar-refractivity contribution in [3.63, 3.8) is 0 Å². The Morgan fingerprint density at radius 1 is 1.27 bits per heavy atom. The van der Waals surface area contributed by atoms with Gasteiger partial charge < -0.3 is 14.8 Å². The summed E-state index contributed by atoms with van der Waals surface area (Å²) < 4.78 is 10.7. The van der Waals surface area contributed by atoms with Crippen LogP contribution < -0.4 is 0 Å². The number of benzene rings is 1. The Bertz CT molecular complexity index is 568. The molecule has 0 atom stereocenters. The molecule has 0 unspecified atom stereocenters. The first-order chi connectivity index (χ1) is 6.98. The van der Waals surface area contributed by atoms with E-state index in [0.717, 1.165) is 10.9 Å². The molecule has 5 nitrogen and oxygen atoms in total. The number of aromatic amines is 1. The van der Waals surface area contributed by atoms with Gasteiger partial charge in [-0.2, -0.15) is 0 Å².